The average molecular weight is 852 g/mol. The molecule has 6 aromatic carbocycles. The SMILES string of the molecule is C#Cc1ccccc1C(C)C.[CH2]P(Oc1ccc(C)cc1Cc1cc(C)ccc1OP(Oc1ccccc1C(C)C)Oc1ccccc1C(C)C)Oc1ccccc1C(C)C. The largest absolute Gasteiger partial charge is 0.530 e. The standard InChI is InChI=1S/C43H49O5P2.C11H12/c1-29(2)36-16-10-13-19-41(36)45-49(9)44-39-24-22-32(7)26-34(39)28-35-27-33(8)23-25-40(35)46-50(47-42-20-14-11-17-37(42)30(3)4)48-43-21-15-12-18-38(43)31(5)6;1-4-10-7-5-6-8-11(10)9(2)3/h10-27,29-31H,9,28H2,1-8H3;1,5-9H,2-3H3. The fourth-order valence-electron chi connectivity index (χ4n) is 6.86. The smallest absolute Gasteiger partial charge is 0.438 e. The van der Waals surface area contributed by atoms with Crippen LogP contribution < -0.4 is 22.6 Å². The predicted octanol–water partition coefficient (Wildman–Crippen LogP) is 16.4. The van der Waals surface area contributed by atoms with Crippen molar-refractivity contribution in [3.63, 3.8) is 0 Å². The summed E-state index contributed by atoms with van der Waals surface area (Å²) in [7, 11) is -3.39. The van der Waals surface area contributed by atoms with Gasteiger partial charge in [-0.3, -0.25) is 0 Å². The monoisotopic (exact) mass is 851 g/mol. The third kappa shape index (κ3) is 13.4. The zero-order valence-corrected chi connectivity index (χ0v) is 39.2. The first-order valence-corrected chi connectivity index (χ1v) is 23.5. The van der Waals surface area contributed by atoms with Crippen molar-refractivity contribution in [1.82, 2.24) is 0 Å². The van der Waals surface area contributed by atoms with Gasteiger partial charge in [0.1, 0.15) is 28.7 Å². The predicted molar refractivity (Wildman–Crippen MR) is 258 cm³/mol. The van der Waals surface area contributed by atoms with Gasteiger partial charge in [0.05, 0.1) is 6.66 Å². The van der Waals surface area contributed by atoms with E-state index in [1.54, 1.807) is 0 Å². The molecule has 0 amide bonds. The zero-order chi connectivity index (χ0) is 44.1. The first-order chi connectivity index (χ1) is 29.2. The molecule has 0 N–H and O–H groups in total. The van der Waals surface area contributed by atoms with Gasteiger partial charge < -0.3 is 22.6 Å². The van der Waals surface area contributed by atoms with Gasteiger partial charge in [0, 0.05) is 12.0 Å². The Kier molecular flexibility index (Phi) is 17.3. The molecule has 7 heteroatoms. The maximum atomic E-state index is 6.76. The van der Waals surface area contributed by atoms with Crippen molar-refractivity contribution in [3.8, 4) is 41.1 Å². The number of hydrogen-bond acceptors (Lipinski definition) is 5. The average Bonchev–Trinajstić information content (AvgIpc) is 3.23. The number of hydrogen-bond donors (Lipinski definition) is 0. The molecular weight excluding hydrogens is 791 g/mol. The van der Waals surface area contributed by atoms with Crippen molar-refractivity contribution in [1.29, 1.82) is 0 Å². The van der Waals surface area contributed by atoms with Crippen molar-refractivity contribution in [2.75, 3.05) is 0 Å². The molecule has 1 radical (unpaired) electrons. The molecule has 317 valence electrons. The summed E-state index contributed by atoms with van der Waals surface area (Å²) in [4.78, 5) is 0. The maximum Gasteiger partial charge on any atom is 0.530 e. The molecule has 1 unspecified atom stereocenters. The Morgan fingerprint density at radius 1 is 0.459 bits per heavy atom. The summed E-state index contributed by atoms with van der Waals surface area (Å²) in [6.07, 6.45) is 5.90. The summed E-state index contributed by atoms with van der Waals surface area (Å²) >= 11 is 0. The van der Waals surface area contributed by atoms with Crippen LogP contribution >= 0.6 is 17.0 Å². The van der Waals surface area contributed by atoms with E-state index in [9.17, 15) is 0 Å². The van der Waals surface area contributed by atoms with Crippen LogP contribution in [0.3, 0.4) is 0 Å². The molecule has 0 aliphatic heterocycles. The normalized spacial score (nSPS) is 11.6. The molecule has 0 heterocycles. The Hall–Kier alpha value is -5.26. The lowest BCUT2D eigenvalue weighted by molar-refractivity contribution is 0.382. The number of rotatable bonds is 16. The molecule has 61 heavy (non-hydrogen) atoms. The van der Waals surface area contributed by atoms with Gasteiger partial charge in [0.2, 0.25) is 0 Å². The first-order valence-electron chi connectivity index (χ1n) is 21.1. The molecule has 0 saturated heterocycles. The number of para-hydroxylation sites is 3. The van der Waals surface area contributed by atoms with E-state index in [0.29, 0.717) is 24.0 Å². The molecule has 5 nitrogen and oxygen atoms in total. The van der Waals surface area contributed by atoms with Crippen molar-refractivity contribution < 1.29 is 22.6 Å². The van der Waals surface area contributed by atoms with Gasteiger partial charge in [-0.15, -0.1) is 6.42 Å². The van der Waals surface area contributed by atoms with Crippen LogP contribution in [0.5, 0.6) is 28.7 Å². The maximum absolute atomic E-state index is 6.76. The molecule has 1 atom stereocenters. The summed E-state index contributed by atoms with van der Waals surface area (Å²) in [6.45, 7) is 25.7. The lowest BCUT2D eigenvalue weighted by Crippen LogP contribution is -2.07. The highest BCUT2D eigenvalue weighted by Crippen LogP contribution is 2.48. The Bertz CT molecular complexity index is 2320. The highest BCUT2D eigenvalue weighted by molar-refractivity contribution is 7.49. The first kappa shape index (κ1) is 46.8. The molecule has 0 aliphatic rings. The zero-order valence-electron chi connectivity index (χ0n) is 37.4. The van der Waals surface area contributed by atoms with Crippen LogP contribution in [0.15, 0.2) is 133 Å². The topological polar surface area (TPSA) is 46.2 Å². The third-order valence-corrected chi connectivity index (χ3v) is 11.9. The number of benzene rings is 6. The van der Waals surface area contributed by atoms with Gasteiger partial charge in [0.25, 0.3) is 8.38 Å². The number of terminal acetylenes is 1. The van der Waals surface area contributed by atoms with Crippen LogP contribution in [-0.4, -0.2) is 0 Å². The van der Waals surface area contributed by atoms with Crippen molar-refractivity contribution in [3.05, 3.63) is 190 Å². The minimum absolute atomic E-state index is 0.266. The lowest BCUT2D eigenvalue weighted by Gasteiger charge is -2.23. The van der Waals surface area contributed by atoms with Crippen LogP contribution in [0.25, 0.3) is 0 Å². The molecule has 0 bridgehead atoms. The second-order valence-electron chi connectivity index (χ2n) is 16.4. The molecule has 0 aromatic heterocycles. The fourth-order valence-corrected chi connectivity index (χ4v) is 8.79. The summed E-state index contributed by atoms with van der Waals surface area (Å²) in [5.74, 6) is 7.78. The summed E-state index contributed by atoms with van der Waals surface area (Å²) in [5, 5.41) is 0. The van der Waals surface area contributed by atoms with Gasteiger partial charge >= 0.3 is 8.60 Å². The minimum atomic E-state index is -1.89. The highest BCUT2D eigenvalue weighted by atomic mass is 31.2. The van der Waals surface area contributed by atoms with E-state index in [4.69, 9.17) is 29.0 Å². The van der Waals surface area contributed by atoms with E-state index in [-0.39, 0.29) is 11.8 Å². The van der Waals surface area contributed by atoms with Crippen LogP contribution in [0.4, 0.5) is 0 Å². The number of aryl methyl sites for hydroxylation is 2. The Morgan fingerprint density at radius 3 is 1.21 bits per heavy atom. The summed E-state index contributed by atoms with van der Waals surface area (Å²) in [5.41, 5.74) is 9.86. The van der Waals surface area contributed by atoms with Gasteiger partial charge in [-0.1, -0.05) is 169 Å². The van der Waals surface area contributed by atoms with E-state index in [2.05, 4.69) is 130 Å². The van der Waals surface area contributed by atoms with Gasteiger partial charge in [-0.05, 0) is 107 Å². The van der Waals surface area contributed by atoms with Crippen LogP contribution in [0.2, 0.25) is 0 Å². The molecular formula is C54H61O5P2. The van der Waals surface area contributed by atoms with Gasteiger partial charge in [0.15, 0.2) is 0 Å². The Labute approximate surface area is 368 Å². The molecule has 6 rings (SSSR count). The van der Waals surface area contributed by atoms with Gasteiger partial charge in [-0.25, -0.2) is 0 Å². The molecule has 0 fully saturated rings. The van der Waals surface area contributed by atoms with E-state index in [0.717, 1.165) is 67.5 Å². The third-order valence-electron chi connectivity index (χ3n) is 10.1. The molecule has 6 aromatic rings. The van der Waals surface area contributed by atoms with Crippen LogP contribution in [-0.2, 0) is 6.42 Å². The van der Waals surface area contributed by atoms with Crippen LogP contribution in [0, 0.1) is 32.9 Å². The lowest BCUT2D eigenvalue weighted by atomic mass is 9.98. The second-order valence-corrected chi connectivity index (χ2v) is 18.4. The quantitative estimate of drug-likeness (QED) is 0.0717. The minimum Gasteiger partial charge on any atom is -0.438 e. The van der Waals surface area contributed by atoms with Gasteiger partial charge in [-0.2, -0.15) is 0 Å². The van der Waals surface area contributed by atoms with E-state index >= 15 is 0 Å². The summed E-state index contributed by atoms with van der Waals surface area (Å²) in [6, 6.07) is 44.7. The van der Waals surface area contributed by atoms with Crippen molar-refractivity contribution in [2.24, 2.45) is 0 Å². The van der Waals surface area contributed by atoms with Crippen molar-refractivity contribution >= 4 is 17.0 Å². The molecule has 0 spiro atoms. The second kappa shape index (κ2) is 22.5. The van der Waals surface area contributed by atoms with E-state index < -0.39 is 17.0 Å². The van der Waals surface area contributed by atoms with Crippen molar-refractivity contribution in [2.45, 2.75) is 99.3 Å². The summed E-state index contributed by atoms with van der Waals surface area (Å²) < 4.78 is 32.8. The van der Waals surface area contributed by atoms with Crippen LogP contribution in [0.1, 0.15) is 129 Å². The Morgan fingerprint density at radius 2 is 0.803 bits per heavy atom. The van der Waals surface area contributed by atoms with E-state index in [1.807, 2.05) is 84.9 Å². The molecule has 0 saturated carbocycles. The fraction of sp³-hybridized carbons (Fsp3) is 0.278. The highest BCUT2D eigenvalue weighted by Gasteiger charge is 2.26. The molecule has 0 aliphatic carbocycles. The Balaban J connectivity index is 0.000000556. The van der Waals surface area contributed by atoms with E-state index in [1.165, 1.54) is 5.56 Å².